The summed E-state index contributed by atoms with van der Waals surface area (Å²) in [7, 11) is 0. The molecule has 1 saturated heterocycles. The summed E-state index contributed by atoms with van der Waals surface area (Å²) < 4.78 is 0. The average Bonchev–Trinajstić information content (AvgIpc) is 2.83. The molecule has 1 aliphatic rings. The number of nitrogens with one attached hydrogen (secondary N) is 1. The van der Waals surface area contributed by atoms with Gasteiger partial charge in [0.15, 0.2) is 0 Å². The van der Waals surface area contributed by atoms with E-state index in [0.717, 1.165) is 56.8 Å². The number of hydrogen-bond donors (Lipinski definition) is 1. The van der Waals surface area contributed by atoms with Crippen LogP contribution < -0.4 is 5.32 Å². The van der Waals surface area contributed by atoms with Crippen LogP contribution in [0.1, 0.15) is 26.7 Å². The maximum atomic E-state index is 12.5. The van der Waals surface area contributed by atoms with E-state index in [-0.39, 0.29) is 6.03 Å². The molecule has 0 aliphatic carbocycles. The van der Waals surface area contributed by atoms with Crippen LogP contribution in [-0.4, -0.2) is 58.5 Å². The van der Waals surface area contributed by atoms with Gasteiger partial charge in [-0.05, 0) is 55.5 Å². The van der Waals surface area contributed by atoms with E-state index < -0.39 is 0 Å². The second-order valence-corrected chi connectivity index (χ2v) is 8.09. The van der Waals surface area contributed by atoms with Gasteiger partial charge in [-0.3, -0.25) is 0 Å². The van der Waals surface area contributed by atoms with Crippen molar-refractivity contribution >= 4 is 22.8 Å². The van der Waals surface area contributed by atoms with Gasteiger partial charge in [0.1, 0.15) is 0 Å². The molecule has 0 bridgehead atoms. The van der Waals surface area contributed by atoms with Gasteiger partial charge in [0.2, 0.25) is 5.95 Å². The molecule has 2 aromatic carbocycles. The Balaban J connectivity index is 1.34. The van der Waals surface area contributed by atoms with Crippen molar-refractivity contribution < 1.29 is 4.79 Å². The van der Waals surface area contributed by atoms with E-state index >= 15 is 0 Å². The fourth-order valence-electron chi connectivity index (χ4n) is 4.21. The molecule has 4 rings (SSSR count). The number of anilines is 1. The van der Waals surface area contributed by atoms with Crippen LogP contribution in [0.4, 0.5) is 10.7 Å². The van der Waals surface area contributed by atoms with Crippen molar-refractivity contribution in [2.75, 3.05) is 38.0 Å². The molecule has 31 heavy (non-hydrogen) atoms. The number of aromatic nitrogens is 2. The topological polar surface area (TPSA) is 61.4 Å². The van der Waals surface area contributed by atoms with E-state index in [4.69, 9.17) is 4.98 Å². The molecule has 1 aliphatic heterocycles. The molecule has 0 unspecified atom stereocenters. The molecule has 0 saturated carbocycles. The summed E-state index contributed by atoms with van der Waals surface area (Å²) in [6.07, 6.45) is 3.82. The van der Waals surface area contributed by atoms with E-state index in [2.05, 4.69) is 52.8 Å². The highest BCUT2D eigenvalue weighted by Gasteiger charge is 2.25. The van der Waals surface area contributed by atoms with Gasteiger partial charge in [-0.15, -0.1) is 0 Å². The number of fused-ring (bicyclic) bond motifs is 1. The minimum Gasteiger partial charge on any atom is -0.354 e. The number of hydrogen-bond acceptors (Lipinski definition) is 4. The molecule has 0 atom stereocenters. The second-order valence-electron chi connectivity index (χ2n) is 8.09. The Labute approximate surface area is 184 Å². The zero-order chi connectivity index (χ0) is 21.6. The smallest absolute Gasteiger partial charge is 0.319 e. The maximum Gasteiger partial charge on any atom is 0.319 e. The lowest BCUT2D eigenvalue weighted by atomic mass is 9.97. The first-order valence-electron chi connectivity index (χ1n) is 11.3. The number of benzene rings is 2. The van der Waals surface area contributed by atoms with Crippen LogP contribution in [0.2, 0.25) is 0 Å². The number of urea groups is 1. The molecule has 6 nitrogen and oxygen atoms in total. The Bertz CT molecular complexity index is 1030. The van der Waals surface area contributed by atoms with Crippen LogP contribution in [0.25, 0.3) is 22.0 Å². The Morgan fingerprint density at radius 1 is 1.06 bits per heavy atom. The zero-order valence-corrected chi connectivity index (χ0v) is 18.4. The van der Waals surface area contributed by atoms with Gasteiger partial charge in [0, 0.05) is 44.5 Å². The highest BCUT2D eigenvalue weighted by molar-refractivity contribution is 5.86. The Hall–Kier alpha value is -3.15. The quantitative estimate of drug-likeness (QED) is 0.621. The van der Waals surface area contributed by atoms with Gasteiger partial charge in [-0.1, -0.05) is 36.4 Å². The molecule has 0 spiro atoms. The Morgan fingerprint density at radius 2 is 1.81 bits per heavy atom. The summed E-state index contributed by atoms with van der Waals surface area (Å²) in [6, 6.07) is 16.9. The summed E-state index contributed by atoms with van der Waals surface area (Å²) >= 11 is 0. The van der Waals surface area contributed by atoms with Gasteiger partial charge in [0.25, 0.3) is 0 Å². The minimum absolute atomic E-state index is 0.169. The Morgan fingerprint density at radius 3 is 2.55 bits per heavy atom. The molecule has 0 radical (unpaired) electrons. The van der Waals surface area contributed by atoms with Crippen LogP contribution in [0.5, 0.6) is 0 Å². The summed E-state index contributed by atoms with van der Waals surface area (Å²) in [6.45, 7) is 8.06. The average molecular weight is 418 g/mol. The third kappa shape index (κ3) is 4.95. The number of likely N-dealkylation sites (tertiary alicyclic amines) is 1. The summed E-state index contributed by atoms with van der Waals surface area (Å²) in [5.74, 6) is 1.18. The molecular weight excluding hydrogens is 386 g/mol. The van der Waals surface area contributed by atoms with E-state index in [1.165, 1.54) is 10.8 Å². The molecule has 2 heterocycles. The third-order valence-corrected chi connectivity index (χ3v) is 6.17. The van der Waals surface area contributed by atoms with E-state index in [0.29, 0.717) is 11.9 Å². The van der Waals surface area contributed by atoms with E-state index in [1.54, 1.807) is 0 Å². The fraction of sp³-hybridized carbons (Fsp3) is 0.400. The van der Waals surface area contributed by atoms with Crippen molar-refractivity contribution in [3.63, 3.8) is 0 Å². The van der Waals surface area contributed by atoms with Crippen molar-refractivity contribution in [3.8, 4) is 11.3 Å². The van der Waals surface area contributed by atoms with Gasteiger partial charge < -0.3 is 15.1 Å². The number of carbonyl (C=O) groups excluding carboxylic acids is 1. The lowest BCUT2D eigenvalue weighted by molar-refractivity contribution is 0.137. The van der Waals surface area contributed by atoms with Crippen molar-refractivity contribution in [1.82, 2.24) is 19.8 Å². The minimum atomic E-state index is 0.169. The van der Waals surface area contributed by atoms with Crippen LogP contribution in [0.3, 0.4) is 0 Å². The highest BCUT2D eigenvalue weighted by Crippen LogP contribution is 2.24. The van der Waals surface area contributed by atoms with Crippen molar-refractivity contribution in [2.45, 2.75) is 26.7 Å². The largest absolute Gasteiger partial charge is 0.354 e. The summed E-state index contributed by atoms with van der Waals surface area (Å²) in [5.41, 5.74) is 2.01. The fourth-order valence-corrected chi connectivity index (χ4v) is 4.21. The first kappa shape index (κ1) is 21.1. The van der Waals surface area contributed by atoms with Gasteiger partial charge >= 0.3 is 6.03 Å². The van der Waals surface area contributed by atoms with Gasteiger partial charge in [-0.2, -0.15) is 0 Å². The molecule has 1 fully saturated rings. The third-order valence-electron chi connectivity index (χ3n) is 6.17. The molecule has 3 aromatic rings. The molecule has 162 valence electrons. The predicted molar refractivity (Wildman–Crippen MR) is 126 cm³/mol. The molecule has 2 amide bonds. The number of piperidine rings is 1. The van der Waals surface area contributed by atoms with Crippen molar-refractivity contribution in [3.05, 3.63) is 54.7 Å². The molecule has 1 N–H and O–H groups in total. The van der Waals surface area contributed by atoms with Gasteiger partial charge in [0.05, 0.1) is 5.69 Å². The number of rotatable bonds is 6. The summed E-state index contributed by atoms with van der Waals surface area (Å²) in [5, 5.41) is 5.85. The second kappa shape index (κ2) is 9.77. The SMILES string of the molecule is CCN(CC)C(=O)N1CCC(CNc2nccc(-c3ccc4ccccc4c3)n2)CC1. The molecule has 1 aromatic heterocycles. The number of nitrogens with zero attached hydrogens (tertiary/aromatic N) is 4. The van der Waals surface area contributed by atoms with E-state index in [9.17, 15) is 4.79 Å². The molecule has 6 heteroatoms. The lowest BCUT2D eigenvalue weighted by Crippen LogP contribution is -2.47. The van der Waals surface area contributed by atoms with Gasteiger partial charge in [-0.25, -0.2) is 14.8 Å². The lowest BCUT2D eigenvalue weighted by Gasteiger charge is -2.35. The van der Waals surface area contributed by atoms with Crippen LogP contribution in [0.15, 0.2) is 54.7 Å². The van der Waals surface area contributed by atoms with Crippen LogP contribution >= 0.6 is 0 Å². The van der Waals surface area contributed by atoms with Crippen molar-refractivity contribution in [1.29, 1.82) is 0 Å². The highest BCUT2D eigenvalue weighted by atomic mass is 16.2. The van der Waals surface area contributed by atoms with E-state index in [1.807, 2.05) is 35.9 Å². The first-order valence-corrected chi connectivity index (χ1v) is 11.3. The first-order chi connectivity index (χ1) is 15.2. The molecular formula is C25H31N5O. The van der Waals surface area contributed by atoms with Crippen molar-refractivity contribution in [2.24, 2.45) is 5.92 Å². The summed E-state index contributed by atoms with van der Waals surface area (Å²) in [4.78, 5) is 25.5. The van der Waals surface area contributed by atoms with Crippen LogP contribution in [0, 0.1) is 5.92 Å². The van der Waals surface area contributed by atoms with Crippen LogP contribution in [-0.2, 0) is 0 Å². The number of amides is 2. The zero-order valence-electron chi connectivity index (χ0n) is 18.4. The standard InChI is InChI=1S/C25H31N5O/c1-3-29(4-2)25(31)30-15-12-19(13-16-30)18-27-24-26-14-11-23(28-24)22-10-9-20-7-5-6-8-21(20)17-22/h5-11,14,17,19H,3-4,12-13,15-16,18H2,1-2H3,(H,26,27,28). The normalized spacial score (nSPS) is 14.6. The predicted octanol–water partition coefficient (Wildman–Crippen LogP) is 4.88. The monoisotopic (exact) mass is 417 g/mol. The maximum absolute atomic E-state index is 12.5. The number of carbonyl (C=O) groups is 1. The Kier molecular flexibility index (Phi) is 6.65.